The maximum atomic E-state index is 13.0. The summed E-state index contributed by atoms with van der Waals surface area (Å²) >= 11 is 1.59. The van der Waals surface area contributed by atoms with Crippen molar-refractivity contribution in [1.29, 1.82) is 0 Å². The molecule has 3 aromatic rings. The SMILES string of the molecule is Cc1nc(C2(O)CCCN(Cc3ccncc3)CC2)sc1CCOc1ccc(F)cc1. The molecule has 1 unspecified atom stereocenters. The standard InChI is InChI=1S/C24H28FN3O2S/c1-18-22(9-16-30-21-5-3-20(25)4-6-21)31-23(27-18)24(29)10-2-14-28(15-11-24)17-19-7-12-26-13-8-19/h3-8,12-13,29H,2,9-11,14-17H2,1H3. The monoisotopic (exact) mass is 441 g/mol. The summed E-state index contributed by atoms with van der Waals surface area (Å²) < 4.78 is 18.7. The van der Waals surface area contributed by atoms with E-state index in [9.17, 15) is 9.50 Å². The van der Waals surface area contributed by atoms with Crippen LogP contribution in [0.25, 0.3) is 0 Å². The Labute approximate surface area is 186 Å². The summed E-state index contributed by atoms with van der Waals surface area (Å²) in [6, 6.07) is 10.1. The second-order valence-corrected chi connectivity index (χ2v) is 9.18. The van der Waals surface area contributed by atoms with Crippen LogP contribution < -0.4 is 4.74 Å². The maximum absolute atomic E-state index is 13.0. The molecule has 0 aliphatic carbocycles. The van der Waals surface area contributed by atoms with Gasteiger partial charge in [-0.25, -0.2) is 9.37 Å². The molecular weight excluding hydrogens is 413 g/mol. The number of thiazole rings is 1. The summed E-state index contributed by atoms with van der Waals surface area (Å²) in [5.41, 5.74) is 1.32. The Morgan fingerprint density at radius 3 is 2.68 bits per heavy atom. The summed E-state index contributed by atoms with van der Waals surface area (Å²) in [5.74, 6) is 0.381. The lowest BCUT2D eigenvalue weighted by molar-refractivity contribution is 0.0207. The Bertz CT molecular complexity index is 980. The van der Waals surface area contributed by atoms with Gasteiger partial charge in [0.15, 0.2) is 0 Å². The average molecular weight is 442 g/mol. The van der Waals surface area contributed by atoms with Gasteiger partial charge >= 0.3 is 0 Å². The fourth-order valence-electron chi connectivity index (χ4n) is 3.94. The fraction of sp³-hybridized carbons (Fsp3) is 0.417. The molecule has 0 bridgehead atoms. The van der Waals surface area contributed by atoms with Crippen LogP contribution in [0.5, 0.6) is 5.75 Å². The third-order valence-electron chi connectivity index (χ3n) is 5.76. The lowest BCUT2D eigenvalue weighted by Crippen LogP contribution is -2.29. The molecule has 0 saturated carbocycles. The number of pyridine rings is 1. The van der Waals surface area contributed by atoms with Crippen LogP contribution in [-0.2, 0) is 18.6 Å². The molecule has 0 amide bonds. The highest BCUT2D eigenvalue weighted by Crippen LogP contribution is 2.37. The highest BCUT2D eigenvalue weighted by atomic mass is 32.1. The summed E-state index contributed by atoms with van der Waals surface area (Å²) in [5, 5.41) is 12.2. The Hall–Kier alpha value is -2.35. The van der Waals surface area contributed by atoms with Crippen LogP contribution in [0.3, 0.4) is 0 Å². The number of aryl methyl sites for hydroxylation is 1. The van der Waals surface area contributed by atoms with E-state index in [1.54, 1.807) is 23.5 Å². The predicted octanol–water partition coefficient (Wildman–Crippen LogP) is 4.48. The third-order valence-corrected chi connectivity index (χ3v) is 7.17. The number of aromatic nitrogens is 2. The minimum atomic E-state index is -0.877. The molecule has 164 valence electrons. The van der Waals surface area contributed by atoms with Crippen molar-refractivity contribution in [2.75, 3.05) is 19.7 Å². The van der Waals surface area contributed by atoms with E-state index in [0.717, 1.165) is 48.1 Å². The van der Waals surface area contributed by atoms with Crippen molar-refractivity contribution in [2.45, 2.75) is 44.8 Å². The van der Waals surface area contributed by atoms with Crippen molar-refractivity contribution >= 4 is 11.3 Å². The second kappa shape index (κ2) is 9.85. The molecule has 1 aromatic carbocycles. The molecule has 0 spiro atoms. The van der Waals surface area contributed by atoms with Crippen molar-refractivity contribution < 1.29 is 14.2 Å². The molecule has 7 heteroatoms. The molecule has 1 saturated heterocycles. The molecule has 4 rings (SSSR count). The Morgan fingerprint density at radius 2 is 1.90 bits per heavy atom. The Balaban J connectivity index is 1.35. The molecular formula is C24H28FN3O2S. The second-order valence-electron chi connectivity index (χ2n) is 8.10. The first kappa shape index (κ1) is 21.9. The van der Waals surface area contributed by atoms with Crippen LogP contribution >= 0.6 is 11.3 Å². The third kappa shape index (κ3) is 5.67. The van der Waals surface area contributed by atoms with E-state index in [0.29, 0.717) is 25.2 Å². The molecule has 5 nitrogen and oxygen atoms in total. The maximum Gasteiger partial charge on any atom is 0.125 e. The normalized spacial score (nSPS) is 19.8. The van der Waals surface area contributed by atoms with Gasteiger partial charge in [0.1, 0.15) is 22.2 Å². The van der Waals surface area contributed by atoms with E-state index in [1.807, 2.05) is 31.5 Å². The van der Waals surface area contributed by atoms with Crippen LogP contribution in [0.15, 0.2) is 48.8 Å². The minimum absolute atomic E-state index is 0.272. The zero-order valence-electron chi connectivity index (χ0n) is 17.8. The molecule has 1 aliphatic rings. The van der Waals surface area contributed by atoms with Gasteiger partial charge in [0.2, 0.25) is 0 Å². The lowest BCUT2D eigenvalue weighted by Gasteiger charge is -2.24. The zero-order valence-corrected chi connectivity index (χ0v) is 18.6. The number of nitrogens with zero attached hydrogens (tertiary/aromatic N) is 3. The van der Waals surface area contributed by atoms with E-state index in [2.05, 4.69) is 9.88 Å². The van der Waals surface area contributed by atoms with Gasteiger partial charge in [0.05, 0.1) is 12.3 Å². The highest BCUT2D eigenvalue weighted by molar-refractivity contribution is 7.11. The first-order valence-electron chi connectivity index (χ1n) is 10.7. The summed E-state index contributed by atoms with van der Waals surface area (Å²) in [6.07, 6.45) is 6.69. The van der Waals surface area contributed by atoms with Crippen LogP contribution in [0, 0.1) is 12.7 Å². The van der Waals surface area contributed by atoms with Gasteiger partial charge in [-0.1, -0.05) is 0 Å². The number of benzene rings is 1. The molecule has 1 atom stereocenters. The van der Waals surface area contributed by atoms with E-state index in [4.69, 9.17) is 9.72 Å². The molecule has 3 heterocycles. The Kier molecular flexibility index (Phi) is 6.95. The van der Waals surface area contributed by atoms with E-state index in [1.165, 1.54) is 17.7 Å². The molecule has 31 heavy (non-hydrogen) atoms. The predicted molar refractivity (Wildman–Crippen MR) is 120 cm³/mol. The van der Waals surface area contributed by atoms with Crippen molar-refractivity contribution in [3.8, 4) is 5.75 Å². The number of aliphatic hydroxyl groups is 1. The van der Waals surface area contributed by atoms with Crippen molar-refractivity contribution in [3.63, 3.8) is 0 Å². The lowest BCUT2D eigenvalue weighted by atomic mass is 9.96. The van der Waals surface area contributed by atoms with Gasteiger partial charge in [-0.3, -0.25) is 9.88 Å². The number of rotatable bonds is 7. The number of halogens is 1. The van der Waals surface area contributed by atoms with Crippen molar-refractivity contribution in [3.05, 3.63) is 75.8 Å². The fourth-order valence-corrected chi connectivity index (χ4v) is 5.13. The zero-order chi connectivity index (χ0) is 21.7. The van der Waals surface area contributed by atoms with E-state index < -0.39 is 5.60 Å². The van der Waals surface area contributed by atoms with Gasteiger partial charge in [0.25, 0.3) is 0 Å². The van der Waals surface area contributed by atoms with Crippen LogP contribution in [-0.4, -0.2) is 39.7 Å². The first-order valence-corrected chi connectivity index (χ1v) is 11.5. The van der Waals surface area contributed by atoms with Gasteiger partial charge in [-0.15, -0.1) is 11.3 Å². The van der Waals surface area contributed by atoms with Crippen molar-refractivity contribution in [2.24, 2.45) is 0 Å². The Morgan fingerprint density at radius 1 is 1.13 bits per heavy atom. The number of hydrogen-bond acceptors (Lipinski definition) is 6. The molecule has 1 N–H and O–H groups in total. The van der Waals surface area contributed by atoms with E-state index >= 15 is 0 Å². The minimum Gasteiger partial charge on any atom is -0.493 e. The largest absolute Gasteiger partial charge is 0.493 e. The van der Waals surface area contributed by atoms with Gasteiger partial charge in [0, 0.05) is 36.8 Å². The molecule has 2 aromatic heterocycles. The quantitative estimate of drug-likeness (QED) is 0.586. The topological polar surface area (TPSA) is 58.5 Å². The highest BCUT2D eigenvalue weighted by Gasteiger charge is 2.35. The number of hydrogen-bond donors (Lipinski definition) is 1. The van der Waals surface area contributed by atoms with Gasteiger partial charge in [-0.05, 0) is 74.7 Å². The first-order chi connectivity index (χ1) is 15.0. The van der Waals surface area contributed by atoms with Gasteiger partial charge < -0.3 is 9.84 Å². The van der Waals surface area contributed by atoms with Crippen LogP contribution in [0.4, 0.5) is 4.39 Å². The van der Waals surface area contributed by atoms with E-state index in [-0.39, 0.29) is 5.82 Å². The van der Waals surface area contributed by atoms with Crippen LogP contribution in [0.2, 0.25) is 0 Å². The molecule has 1 aliphatic heterocycles. The molecule has 1 fully saturated rings. The number of likely N-dealkylation sites (tertiary alicyclic amines) is 1. The molecule has 0 radical (unpaired) electrons. The van der Waals surface area contributed by atoms with Crippen LogP contribution in [0.1, 0.15) is 40.4 Å². The smallest absolute Gasteiger partial charge is 0.125 e. The number of ether oxygens (including phenoxy) is 1. The summed E-state index contributed by atoms with van der Waals surface area (Å²) in [7, 11) is 0. The van der Waals surface area contributed by atoms with Crippen molar-refractivity contribution in [1.82, 2.24) is 14.9 Å². The van der Waals surface area contributed by atoms with Gasteiger partial charge in [-0.2, -0.15) is 0 Å². The summed E-state index contributed by atoms with van der Waals surface area (Å²) in [6.45, 7) is 5.16. The summed E-state index contributed by atoms with van der Waals surface area (Å²) in [4.78, 5) is 12.3. The average Bonchev–Trinajstić information content (AvgIpc) is 3.04.